The second-order valence-corrected chi connectivity index (χ2v) is 9.32. The van der Waals surface area contributed by atoms with Crippen molar-refractivity contribution in [3.8, 4) is 6.07 Å². The van der Waals surface area contributed by atoms with E-state index in [1.807, 2.05) is 19.1 Å². The Morgan fingerprint density at radius 2 is 1.96 bits per heavy atom. The van der Waals surface area contributed by atoms with Gasteiger partial charge in [0.15, 0.2) is 0 Å². The van der Waals surface area contributed by atoms with Gasteiger partial charge in [-0.2, -0.15) is 5.26 Å². The maximum absolute atomic E-state index is 12.7. The summed E-state index contributed by atoms with van der Waals surface area (Å²) in [4.78, 5) is 23.2. The standard InChI is InChI=1S/C18H22N4O4S/c1-12-9-14(3-4-15(12)10-19)13-5-7-22(8-6-13)27(25,26)11-18(2)16(23)20-17(24)21-18/h3-4,9,13H,5-8,11H2,1-2H3,(H2,20,21,23,24)/t18-/m1/s1. The topological polar surface area (TPSA) is 119 Å². The summed E-state index contributed by atoms with van der Waals surface area (Å²) in [5, 5.41) is 13.5. The largest absolute Gasteiger partial charge is 0.322 e. The molecular formula is C18H22N4O4S. The van der Waals surface area contributed by atoms with Crippen molar-refractivity contribution in [2.24, 2.45) is 0 Å². The van der Waals surface area contributed by atoms with Gasteiger partial charge in [-0.3, -0.25) is 10.1 Å². The summed E-state index contributed by atoms with van der Waals surface area (Å²) in [7, 11) is -3.69. The van der Waals surface area contributed by atoms with Crippen LogP contribution in [0.3, 0.4) is 0 Å². The Kier molecular flexibility index (Phi) is 4.97. The summed E-state index contributed by atoms with van der Waals surface area (Å²) in [6.45, 7) is 4.02. The van der Waals surface area contributed by atoms with E-state index in [1.165, 1.54) is 11.2 Å². The van der Waals surface area contributed by atoms with Gasteiger partial charge in [0.25, 0.3) is 5.91 Å². The van der Waals surface area contributed by atoms with Crippen LogP contribution in [0.2, 0.25) is 0 Å². The van der Waals surface area contributed by atoms with E-state index in [9.17, 15) is 18.0 Å². The zero-order valence-electron chi connectivity index (χ0n) is 15.3. The molecule has 1 aromatic rings. The Morgan fingerprint density at radius 3 is 2.48 bits per heavy atom. The molecule has 3 amide bonds. The minimum Gasteiger partial charge on any atom is -0.322 e. The molecule has 2 heterocycles. The smallest absolute Gasteiger partial charge is 0.322 e. The number of sulfonamides is 1. The van der Waals surface area contributed by atoms with Gasteiger partial charge in [-0.15, -0.1) is 0 Å². The number of urea groups is 1. The third-order valence-electron chi connectivity index (χ3n) is 5.28. The second kappa shape index (κ2) is 6.94. The highest BCUT2D eigenvalue weighted by atomic mass is 32.2. The maximum atomic E-state index is 12.7. The Bertz CT molecular complexity index is 929. The molecule has 1 aromatic carbocycles. The van der Waals surface area contributed by atoms with Crippen molar-refractivity contribution >= 4 is 22.0 Å². The number of hydrogen-bond acceptors (Lipinski definition) is 5. The first-order chi connectivity index (χ1) is 12.6. The van der Waals surface area contributed by atoms with Crippen LogP contribution >= 0.6 is 0 Å². The summed E-state index contributed by atoms with van der Waals surface area (Å²) >= 11 is 0. The molecule has 9 heteroatoms. The molecule has 1 atom stereocenters. The fourth-order valence-electron chi connectivity index (χ4n) is 3.67. The predicted molar refractivity (Wildman–Crippen MR) is 98.3 cm³/mol. The number of carbonyl (C=O) groups excluding carboxylic acids is 2. The van der Waals surface area contributed by atoms with E-state index < -0.39 is 33.3 Å². The van der Waals surface area contributed by atoms with Crippen molar-refractivity contribution in [1.29, 1.82) is 5.26 Å². The van der Waals surface area contributed by atoms with Crippen molar-refractivity contribution in [3.05, 3.63) is 34.9 Å². The van der Waals surface area contributed by atoms with E-state index >= 15 is 0 Å². The average molecular weight is 390 g/mol. The molecular weight excluding hydrogens is 368 g/mol. The Labute approximate surface area is 158 Å². The number of hydrogen-bond donors (Lipinski definition) is 2. The van der Waals surface area contributed by atoms with Crippen LogP contribution < -0.4 is 10.6 Å². The van der Waals surface area contributed by atoms with Gasteiger partial charge in [0.1, 0.15) is 5.54 Å². The van der Waals surface area contributed by atoms with Gasteiger partial charge in [-0.1, -0.05) is 12.1 Å². The van der Waals surface area contributed by atoms with Crippen LogP contribution in [0.25, 0.3) is 0 Å². The number of carbonyl (C=O) groups is 2. The molecule has 27 heavy (non-hydrogen) atoms. The molecule has 2 aliphatic heterocycles. The number of benzene rings is 1. The summed E-state index contributed by atoms with van der Waals surface area (Å²) < 4.78 is 26.9. The van der Waals surface area contributed by atoms with Crippen LogP contribution in [0.4, 0.5) is 4.79 Å². The summed E-state index contributed by atoms with van der Waals surface area (Å²) in [6.07, 6.45) is 1.33. The lowest BCUT2D eigenvalue weighted by Crippen LogP contribution is -2.53. The van der Waals surface area contributed by atoms with Crippen LogP contribution in [0, 0.1) is 18.3 Å². The Balaban J connectivity index is 1.66. The molecule has 0 aromatic heterocycles. The highest BCUT2D eigenvalue weighted by Crippen LogP contribution is 2.31. The number of nitrogens with one attached hydrogen (secondary N) is 2. The minimum absolute atomic E-state index is 0.230. The molecule has 0 radical (unpaired) electrons. The lowest BCUT2D eigenvalue weighted by Gasteiger charge is -2.33. The number of imide groups is 1. The first kappa shape index (κ1) is 19.3. The molecule has 8 nitrogen and oxygen atoms in total. The molecule has 0 spiro atoms. The number of amides is 3. The second-order valence-electron chi connectivity index (χ2n) is 7.36. The van der Waals surface area contributed by atoms with Crippen molar-refractivity contribution in [2.75, 3.05) is 18.8 Å². The molecule has 0 saturated carbocycles. The summed E-state index contributed by atoms with van der Waals surface area (Å²) in [5.74, 6) is -0.856. The fraction of sp³-hybridized carbons (Fsp3) is 0.500. The summed E-state index contributed by atoms with van der Waals surface area (Å²) in [5.41, 5.74) is 1.22. The highest BCUT2D eigenvalue weighted by Gasteiger charge is 2.46. The molecule has 144 valence electrons. The molecule has 0 bridgehead atoms. The molecule has 2 aliphatic rings. The number of piperidine rings is 1. The van der Waals surface area contributed by atoms with Gasteiger partial charge in [-0.25, -0.2) is 17.5 Å². The monoisotopic (exact) mass is 390 g/mol. The number of rotatable bonds is 4. The van der Waals surface area contributed by atoms with Crippen LogP contribution in [0.15, 0.2) is 18.2 Å². The summed E-state index contributed by atoms with van der Waals surface area (Å²) in [6, 6.07) is 7.20. The van der Waals surface area contributed by atoms with Gasteiger partial charge < -0.3 is 5.32 Å². The fourth-order valence-corrected chi connectivity index (χ4v) is 5.55. The van der Waals surface area contributed by atoms with Crippen LogP contribution in [0.5, 0.6) is 0 Å². The zero-order chi connectivity index (χ0) is 19.8. The molecule has 0 aliphatic carbocycles. The average Bonchev–Trinajstić information content (AvgIpc) is 2.85. The van der Waals surface area contributed by atoms with Gasteiger partial charge >= 0.3 is 6.03 Å². The highest BCUT2D eigenvalue weighted by molar-refractivity contribution is 7.89. The lowest BCUT2D eigenvalue weighted by atomic mass is 9.88. The zero-order valence-corrected chi connectivity index (χ0v) is 16.1. The Hall–Kier alpha value is -2.44. The molecule has 2 fully saturated rings. The van der Waals surface area contributed by atoms with Crippen LogP contribution in [-0.4, -0.2) is 49.0 Å². The van der Waals surface area contributed by atoms with Gasteiger partial charge in [0, 0.05) is 13.1 Å². The van der Waals surface area contributed by atoms with Crippen LogP contribution in [0.1, 0.15) is 42.4 Å². The Morgan fingerprint density at radius 1 is 1.30 bits per heavy atom. The quantitative estimate of drug-likeness (QED) is 0.743. The van der Waals surface area contributed by atoms with E-state index in [1.54, 1.807) is 6.07 Å². The van der Waals surface area contributed by atoms with Crippen molar-refractivity contribution in [1.82, 2.24) is 14.9 Å². The number of nitrogens with zero attached hydrogens (tertiary/aromatic N) is 2. The first-order valence-electron chi connectivity index (χ1n) is 8.77. The van der Waals surface area contributed by atoms with Gasteiger partial charge in [-0.05, 0) is 49.8 Å². The molecule has 2 saturated heterocycles. The molecule has 2 N–H and O–H groups in total. The van der Waals surface area contributed by atoms with Crippen molar-refractivity contribution in [3.63, 3.8) is 0 Å². The third-order valence-corrected chi connectivity index (χ3v) is 7.37. The third kappa shape index (κ3) is 3.82. The number of nitriles is 1. The molecule has 0 unspecified atom stereocenters. The van der Waals surface area contributed by atoms with Gasteiger partial charge in [0.05, 0.1) is 17.4 Å². The number of aryl methyl sites for hydroxylation is 1. The SMILES string of the molecule is Cc1cc(C2CCN(S(=O)(=O)C[C@@]3(C)NC(=O)NC3=O)CC2)ccc1C#N. The lowest BCUT2D eigenvalue weighted by molar-refractivity contribution is -0.122. The van der Waals surface area contributed by atoms with E-state index in [0.29, 0.717) is 31.5 Å². The van der Waals surface area contributed by atoms with Crippen molar-refractivity contribution in [2.45, 2.75) is 38.1 Å². The normalized spacial score (nSPS) is 24.3. The molecule has 3 rings (SSSR count). The first-order valence-corrected chi connectivity index (χ1v) is 10.4. The van der Waals surface area contributed by atoms with Crippen molar-refractivity contribution < 1.29 is 18.0 Å². The van der Waals surface area contributed by atoms with E-state index in [4.69, 9.17) is 5.26 Å². The van der Waals surface area contributed by atoms with Gasteiger partial charge in [0.2, 0.25) is 10.0 Å². The van der Waals surface area contributed by atoms with E-state index in [0.717, 1.165) is 11.1 Å². The maximum Gasteiger partial charge on any atom is 0.322 e. The van der Waals surface area contributed by atoms with Crippen LogP contribution in [-0.2, 0) is 14.8 Å². The van der Waals surface area contributed by atoms with E-state index in [2.05, 4.69) is 16.7 Å². The van der Waals surface area contributed by atoms with E-state index in [-0.39, 0.29) is 5.92 Å². The predicted octanol–water partition coefficient (Wildman–Crippen LogP) is 0.974. The minimum atomic E-state index is -3.69.